The average Bonchev–Trinajstić information content (AvgIpc) is 3.43. The molecule has 2 aromatic heterocycles. The van der Waals surface area contributed by atoms with Gasteiger partial charge in [-0.2, -0.15) is 0 Å². The van der Waals surface area contributed by atoms with E-state index < -0.39 is 23.5 Å². The van der Waals surface area contributed by atoms with Crippen LogP contribution in [0.2, 0.25) is 0 Å². The largest absolute Gasteiger partial charge is 0.871 e. The Hall–Kier alpha value is -4.09. The smallest absolute Gasteiger partial charge is 0.295 e. The molecule has 5 rings (SSSR count). The van der Waals surface area contributed by atoms with Crippen LogP contribution in [-0.2, 0) is 14.3 Å². The van der Waals surface area contributed by atoms with Crippen LogP contribution >= 0.6 is 0 Å². The summed E-state index contributed by atoms with van der Waals surface area (Å²) in [5, 5.41) is 14.2. The fourth-order valence-corrected chi connectivity index (χ4v) is 5.41. The summed E-state index contributed by atoms with van der Waals surface area (Å²) < 4.78 is 23.7. The van der Waals surface area contributed by atoms with Crippen molar-refractivity contribution in [2.45, 2.75) is 13.0 Å². The summed E-state index contributed by atoms with van der Waals surface area (Å²) in [6.07, 6.45) is 1.72. The van der Waals surface area contributed by atoms with E-state index in [1.165, 1.54) is 31.1 Å². The first-order chi connectivity index (χ1) is 18.9. The minimum atomic E-state index is -0.944. The predicted molar refractivity (Wildman–Crippen MR) is 139 cm³/mol. The number of quaternary nitrogens is 1. The van der Waals surface area contributed by atoms with Gasteiger partial charge < -0.3 is 38.3 Å². The molecule has 1 aromatic carbocycles. The zero-order chi connectivity index (χ0) is 27.7. The van der Waals surface area contributed by atoms with Gasteiger partial charge >= 0.3 is 0 Å². The van der Waals surface area contributed by atoms with Gasteiger partial charge in [0.2, 0.25) is 11.5 Å². The lowest BCUT2D eigenvalue weighted by molar-refractivity contribution is -0.907. The fraction of sp³-hybridized carbons (Fsp3) is 0.393. The zero-order valence-electron chi connectivity index (χ0n) is 22.5. The van der Waals surface area contributed by atoms with E-state index in [2.05, 4.69) is 4.98 Å². The van der Waals surface area contributed by atoms with E-state index in [4.69, 9.17) is 18.9 Å². The number of morpholine rings is 1. The number of rotatable bonds is 8. The molecule has 0 radical (unpaired) electrons. The summed E-state index contributed by atoms with van der Waals surface area (Å²) in [7, 11) is 4.47. The Morgan fingerprint density at radius 3 is 2.44 bits per heavy atom. The maximum absolute atomic E-state index is 14.2. The highest BCUT2D eigenvalue weighted by Crippen LogP contribution is 2.45. The summed E-state index contributed by atoms with van der Waals surface area (Å²) in [6, 6.07) is 7.81. The molecule has 3 aromatic rings. The molecule has 0 spiro atoms. The van der Waals surface area contributed by atoms with Gasteiger partial charge in [0.25, 0.3) is 5.91 Å². The van der Waals surface area contributed by atoms with Crippen LogP contribution in [0.15, 0.2) is 42.1 Å². The number of aryl methyl sites for hydroxylation is 1. The molecule has 2 aliphatic rings. The number of pyridine rings is 1. The fourth-order valence-electron chi connectivity index (χ4n) is 5.41. The number of ketones is 1. The van der Waals surface area contributed by atoms with Crippen molar-refractivity contribution in [3.63, 3.8) is 0 Å². The number of amides is 1. The minimum absolute atomic E-state index is 0.125. The molecule has 1 N–H and O–H groups in total. The molecular formula is C28H32N4O7. The third kappa shape index (κ3) is 4.68. The Kier molecular flexibility index (Phi) is 7.45. The van der Waals surface area contributed by atoms with Crippen molar-refractivity contribution in [2.75, 3.05) is 60.7 Å². The summed E-state index contributed by atoms with van der Waals surface area (Å²) in [4.78, 5) is 34.3. The van der Waals surface area contributed by atoms with Crippen LogP contribution in [0, 0.1) is 6.92 Å². The minimum Gasteiger partial charge on any atom is -0.871 e. The number of hydrogen-bond acceptors (Lipinski definition) is 8. The highest BCUT2D eigenvalue weighted by molar-refractivity contribution is 6.46. The standard InChI is InChI=1S/C28H32N4O7/c1-17-23(31-8-6-5-7-21(31)29-17)25(33)22-24(18-15-19(36-2)27(38-4)20(16-18)37-3)32(28(35)26(22)34)10-9-30-11-13-39-14-12-30/h5-8,15-16,24,33H,9-14H2,1-4H3/b25-22+. The lowest BCUT2D eigenvalue weighted by atomic mass is 9.95. The van der Waals surface area contributed by atoms with Crippen LogP contribution in [0.3, 0.4) is 0 Å². The van der Waals surface area contributed by atoms with Gasteiger partial charge in [0, 0.05) is 11.8 Å². The predicted octanol–water partition coefficient (Wildman–Crippen LogP) is -0.192. The summed E-state index contributed by atoms with van der Waals surface area (Å²) >= 11 is 0. The zero-order valence-corrected chi connectivity index (χ0v) is 22.5. The molecule has 1 amide bonds. The molecule has 1 unspecified atom stereocenters. The number of hydrogen-bond donors (Lipinski definition) is 1. The lowest BCUT2D eigenvalue weighted by Gasteiger charge is -2.30. The number of nitrogens with one attached hydrogen (secondary N) is 1. The third-order valence-corrected chi connectivity index (χ3v) is 7.36. The number of Topliss-reactive ketones (excluding diaryl/α,β-unsaturated/α-hetero) is 1. The summed E-state index contributed by atoms with van der Waals surface area (Å²) in [5.41, 5.74) is 1.68. The number of likely N-dealkylation sites (tertiary alicyclic amines) is 1. The second-order valence-electron chi connectivity index (χ2n) is 9.52. The van der Waals surface area contributed by atoms with Crippen LogP contribution in [0.1, 0.15) is 23.0 Å². The van der Waals surface area contributed by atoms with Gasteiger partial charge in [-0.3, -0.25) is 9.59 Å². The Morgan fingerprint density at radius 2 is 1.79 bits per heavy atom. The Labute approximate surface area is 226 Å². The van der Waals surface area contributed by atoms with Crippen LogP contribution in [-0.4, -0.2) is 86.7 Å². The van der Waals surface area contributed by atoms with Crippen molar-refractivity contribution in [3.05, 3.63) is 59.1 Å². The average molecular weight is 537 g/mol. The van der Waals surface area contributed by atoms with E-state index in [0.29, 0.717) is 53.9 Å². The van der Waals surface area contributed by atoms with Gasteiger partial charge in [0.05, 0.1) is 65.1 Å². The van der Waals surface area contributed by atoms with E-state index in [9.17, 15) is 14.7 Å². The number of carbonyl (C=O) groups is 2. The SMILES string of the molecule is COc1cc(C2/C(=C(\[O-])c3c(C)nc4ccccn34)C(=O)C(=O)N2CC[NH+]2CCOCC2)cc(OC)c1OC. The van der Waals surface area contributed by atoms with Crippen LogP contribution in [0.25, 0.3) is 11.4 Å². The van der Waals surface area contributed by atoms with E-state index in [1.807, 2.05) is 6.07 Å². The first-order valence-electron chi connectivity index (χ1n) is 12.8. The number of aromatic nitrogens is 2. The van der Waals surface area contributed by atoms with Gasteiger partial charge in [-0.15, -0.1) is 0 Å². The van der Waals surface area contributed by atoms with Gasteiger partial charge in [-0.25, -0.2) is 4.98 Å². The van der Waals surface area contributed by atoms with E-state index >= 15 is 0 Å². The molecule has 2 aliphatic heterocycles. The number of fused-ring (bicyclic) bond motifs is 1. The molecule has 0 bridgehead atoms. The maximum Gasteiger partial charge on any atom is 0.295 e. The Bertz CT molecular complexity index is 1420. The molecule has 2 saturated heterocycles. The van der Waals surface area contributed by atoms with Crippen molar-refractivity contribution in [1.82, 2.24) is 14.3 Å². The number of carbonyl (C=O) groups excluding carboxylic acids is 2. The molecule has 206 valence electrons. The topological polar surface area (TPSA) is 119 Å². The van der Waals surface area contributed by atoms with Crippen LogP contribution in [0.5, 0.6) is 17.2 Å². The van der Waals surface area contributed by atoms with Crippen LogP contribution in [0.4, 0.5) is 0 Å². The monoisotopic (exact) mass is 536 g/mol. The highest BCUT2D eigenvalue weighted by atomic mass is 16.5. The molecule has 4 heterocycles. The van der Waals surface area contributed by atoms with Crippen molar-refractivity contribution in [1.29, 1.82) is 0 Å². The number of nitrogens with zero attached hydrogens (tertiary/aromatic N) is 3. The molecule has 11 nitrogen and oxygen atoms in total. The van der Waals surface area contributed by atoms with Crippen molar-refractivity contribution < 1.29 is 38.5 Å². The third-order valence-electron chi connectivity index (χ3n) is 7.36. The maximum atomic E-state index is 14.2. The first kappa shape index (κ1) is 26.5. The van der Waals surface area contributed by atoms with E-state index in [-0.39, 0.29) is 17.8 Å². The lowest BCUT2D eigenvalue weighted by Crippen LogP contribution is -3.14. The molecule has 1 atom stereocenters. The normalized spacial score (nSPS) is 19.6. The number of ether oxygens (including phenoxy) is 4. The Morgan fingerprint density at radius 1 is 1.10 bits per heavy atom. The van der Waals surface area contributed by atoms with Gasteiger partial charge in [-0.1, -0.05) is 11.8 Å². The van der Waals surface area contributed by atoms with Crippen molar-refractivity contribution in [2.24, 2.45) is 0 Å². The molecular weight excluding hydrogens is 504 g/mol. The summed E-state index contributed by atoms with van der Waals surface area (Å²) in [6.45, 7) is 5.51. The molecule has 0 saturated carbocycles. The van der Waals surface area contributed by atoms with Gasteiger partial charge in [0.15, 0.2) is 11.5 Å². The summed E-state index contributed by atoms with van der Waals surface area (Å²) in [5.74, 6) is -0.985. The quantitative estimate of drug-likeness (QED) is 0.239. The molecule has 11 heteroatoms. The molecule has 2 fully saturated rings. The van der Waals surface area contributed by atoms with Gasteiger partial charge in [-0.05, 0) is 36.8 Å². The second-order valence-corrected chi connectivity index (χ2v) is 9.52. The second kappa shape index (κ2) is 11.0. The number of imidazole rings is 1. The Balaban J connectivity index is 1.68. The molecule has 39 heavy (non-hydrogen) atoms. The highest BCUT2D eigenvalue weighted by Gasteiger charge is 2.45. The van der Waals surface area contributed by atoms with Crippen molar-refractivity contribution in [3.8, 4) is 17.2 Å². The first-order valence-corrected chi connectivity index (χ1v) is 12.8. The van der Waals surface area contributed by atoms with Crippen molar-refractivity contribution >= 4 is 23.1 Å². The number of methoxy groups -OCH3 is 3. The van der Waals surface area contributed by atoms with Crippen LogP contribution < -0.4 is 24.2 Å². The van der Waals surface area contributed by atoms with E-state index in [0.717, 1.165) is 13.1 Å². The van der Waals surface area contributed by atoms with E-state index in [1.54, 1.807) is 41.8 Å². The van der Waals surface area contributed by atoms with Gasteiger partial charge in [0.1, 0.15) is 18.7 Å². The number of benzene rings is 1. The molecule has 0 aliphatic carbocycles.